The molecule has 1 N–H and O–H groups in total. The lowest BCUT2D eigenvalue weighted by atomic mass is 10.0. The van der Waals surface area contributed by atoms with Gasteiger partial charge < -0.3 is 5.32 Å². The molecule has 0 bridgehead atoms. The summed E-state index contributed by atoms with van der Waals surface area (Å²) in [6.07, 6.45) is 6.23. The molecule has 2 aromatic rings. The number of benzene rings is 2. The van der Waals surface area contributed by atoms with Gasteiger partial charge in [-0.2, -0.15) is 0 Å². The van der Waals surface area contributed by atoms with Crippen LogP contribution in [0.15, 0.2) is 42.5 Å². The van der Waals surface area contributed by atoms with E-state index in [0.29, 0.717) is 12.5 Å². The van der Waals surface area contributed by atoms with E-state index >= 15 is 0 Å². The van der Waals surface area contributed by atoms with Crippen LogP contribution in [0.1, 0.15) is 37.7 Å². The molecule has 0 radical (unpaired) electrons. The van der Waals surface area contributed by atoms with E-state index in [-0.39, 0.29) is 5.91 Å². The molecule has 1 aliphatic carbocycles. The predicted molar refractivity (Wildman–Crippen MR) is 82.7 cm³/mol. The molecule has 1 aliphatic rings. The van der Waals surface area contributed by atoms with Crippen LogP contribution in [0.4, 0.5) is 0 Å². The highest BCUT2D eigenvalue weighted by Crippen LogP contribution is 2.20. The van der Waals surface area contributed by atoms with Gasteiger partial charge in [-0.3, -0.25) is 4.79 Å². The fraction of sp³-hybridized carbons (Fsp3) is 0.389. The smallest absolute Gasteiger partial charge is 0.220 e. The van der Waals surface area contributed by atoms with Crippen LogP contribution in [0.5, 0.6) is 0 Å². The minimum atomic E-state index is 0.199. The quantitative estimate of drug-likeness (QED) is 0.896. The SMILES string of the molecule is O=C(CCc1cccc2ccccc12)NC1CCCC1. The van der Waals surface area contributed by atoms with Crippen LogP contribution in [-0.2, 0) is 11.2 Å². The Labute approximate surface area is 120 Å². The Kier molecular flexibility index (Phi) is 4.00. The van der Waals surface area contributed by atoms with Gasteiger partial charge in [-0.05, 0) is 35.6 Å². The summed E-state index contributed by atoms with van der Waals surface area (Å²) in [5.74, 6) is 0.199. The van der Waals surface area contributed by atoms with Crippen molar-refractivity contribution < 1.29 is 4.79 Å². The van der Waals surface area contributed by atoms with Gasteiger partial charge >= 0.3 is 0 Å². The molecular formula is C18H21NO. The number of hydrogen-bond donors (Lipinski definition) is 1. The highest BCUT2D eigenvalue weighted by molar-refractivity contribution is 5.86. The molecule has 3 rings (SSSR count). The molecule has 0 aromatic heterocycles. The molecule has 1 saturated carbocycles. The van der Waals surface area contributed by atoms with Crippen LogP contribution >= 0.6 is 0 Å². The zero-order chi connectivity index (χ0) is 13.8. The van der Waals surface area contributed by atoms with Crippen molar-refractivity contribution in [1.82, 2.24) is 5.32 Å². The lowest BCUT2D eigenvalue weighted by molar-refractivity contribution is -0.121. The molecule has 0 spiro atoms. The van der Waals surface area contributed by atoms with Crippen LogP contribution in [-0.4, -0.2) is 11.9 Å². The molecule has 2 nitrogen and oxygen atoms in total. The summed E-state index contributed by atoms with van der Waals surface area (Å²) in [4.78, 5) is 12.0. The maximum Gasteiger partial charge on any atom is 0.220 e. The molecule has 0 heterocycles. The van der Waals surface area contributed by atoms with Gasteiger partial charge in [0.2, 0.25) is 5.91 Å². The topological polar surface area (TPSA) is 29.1 Å². The number of carbonyl (C=O) groups excluding carboxylic acids is 1. The fourth-order valence-electron chi connectivity index (χ4n) is 3.13. The van der Waals surface area contributed by atoms with E-state index in [2.05, 4.69) is 47.8 Å². The largest absolute Gasteiger partial charge is 0.353 e. The molecule has 2 aromatic carbocycles. The van der Waals surface area contributed by atoms with E-state index in [1.807, 2.05) is 0 Å². The van der Waals surface area contributed by atoms with Gasteiger partial charge in [-0.25, -0.2) is 0 Å². The maximum absolute atomic E-state index is 12.0. The summed E-state index contributed by atoms with van der Waals surface area (Å²) in [7, 11) is 0. The summed E-state index contributed by atoms with van der Waals surface area (Å²) in [5.41, 5.74) is 1.27. The number of carbonyl (C=O) groups is 1. The van der Waals surface area contributed by atoms with Gasteiger partial charge in [0.05, 0.1) is 0 Å². The lowest BCUT2D eigenvalue weighted by Gasteiger charge is -2.12. The van der Waals surface area contributed by atoms with E-state index in [4.69, 9.17) is 0 Å². The van der Waals surface area contributed by atoms with E-state index in [1.54, 1.807) is 0 Å². The van der Waals surface area contributed by atoms with Gasteiger partial charge in [-0.1, -0.05) is 55.3 Å². The van der Waals surface area contributed by atoms with Gasteiger partial charge in [0.25, 0.3) is 0 Å². The Morgan fingerprint density at radius 1 is 1.05 bits per heavy atom. The number of nitrogens with one attached hydrogen (secondary N) is 1. The molecule has 0 atom stereocenters. The average Bonchev–Trinajstić information content (AvgIpc) is 2.98. The van der Waals surface area contributed by atoms with Crippen LogP contribution < -0.4 is 5.32 Å². The predicted octanol–water partition coefficient (Wildman–Crippen LogP) is 3.83. The third-order valence-corrected chi connectivity index (χ3v) is 4.22. The summed E-state index contributed by atoms with van der Waals surface area (Å²) >= 11 is 0. The monoisotopic (exact) mass is 267 g/mol. The third-order valence-electron chi connectivity index (χ3n) is 4.22. The molecular weight excluding hydrogens is 246 g/mol. The van der Waals surface area contributed by atoms with Crippen molar-refractivity contribution in [2.45, 2.75) is 44.6 Å². The van der Waals surface area contributed by atoms with Crippen molar-refractivity contribution in [3.05, 3.63) is 48.0 Å². The summed E-state index contributed by atoms with van der Waals surface area (Å²) in [6.45, 7) is 0. The van der Waals surface area contributed by atoms with Crippen LogP contribution in [0.2, 0.25) is 0 Å². The molecule has 1 fully saturated rings. The second-order valence-corrected chi connectivity index (χ2v) is 5.69. The summed E-state index contributed by atoms with van der Waals surface area (Å²) in [5, 5.41) is 5.68. The van der Waals surface area contributed by atoms with E-state index in [9.17, 15) is 4.79 Å². The Bertz CT molecular complexity index is 594. The Balaban J connectivity index is 1.63. The fourth-order valence-corrected chi connectivity index (χ4v) is 3.13. The highest BCUT2D eigenvalue weighted by atomic mass is 16.1. The molecule has 0 aliphatic heterocycles. The van der Waals surface area contributed by atoms with Crippen LogP contribution in [0.25, 0.3) is 10.8 Å². The number of hydrogen-bond acceptors (Lipinski definition) is 1. The standard InChI is InChI=1S/C18H21NO/c20-18(19-16-9-2-3-10-16)13-12-15-8-5-7-14-6-1-4-11-17(14)15/h1,4-8,11,16H,2-3,9-10,12-13H2,(H,19,20). The molecule has 0 unspecified atom stereocenters. The van der Waals surface area contributed by atoms with E-state index in [1.165, 1.54) is 29.2 Å². The number of aryl methyl sites for hydroxylation is 1. The first-order valence-electron chi connectivity index (χ1n) is 7.59. The van der Waals surface area contributed by atoms with Crippen molar-refractivity contribution in [1.29, 1.82) is 0 Å². The van der Waals surface area contributed by atoms with Crippen molar-refractivity contribution in [2.24, 2.45) is 0 Å². The second kappa shape index (κ2) is 6.08. The lowest BCUT2D eigenvalue weighted by Crippen LogP contribution is -2.32. The molecule has 2 heteroatoms. The van der Waals surface area contributed by atoms with Crippen molar-refractivity contribution in [3.63, 3.8) is 0 Å². The molecule has 0 saturated heterocycles. The van der Waals surface area contributed by atoms with Crippen LogP contribution in [0.3, 0.4) is 0 Å². The van der Waals surface area contributed by atoms with Crippen molar-refractivity contribution >= 4 is 16.7 Å². The number of amides is 1. The number of rotatable bonds is 4. The van der Waals surface area contributed by atoms with Crippen molar-refractivity contribution in [2.75, 3.05) is 0 Å². The zero-order valence-corrected chi connectivity index (χ0v) is 11.8. The first-order chi connectivity index (χ1) is 9.83. The van der Waals surface area contributed by atoms with E-state index in [0.717, 1.165) is 19.3 Å². The maximum atomic E-state index is 12.0. The minimum absolute atomic E-state index is 0.199. The van der Waals surface area contributed by atoms with Gasteiger partial charge in [-0.15, -0.1) is 0 Å². The Hall–Kier alpha value is -1.83. The normalized spacial score (nSPS) is 15.6. The molecule has 1 amide bonds. The Morgan fingerprint density at radius 2 is 1.80 bits per heavy atom. The minimum Gasteiger partial charge on any atom is -0.353 e. The van der Waals surface area contributed by atoms with Gasteiger partial charge in [0.15, 0.2) is 0 Å². The van der Waals surface area contributed by atoms with Crippen LogP contribution in [0, 0.1) is 0 Å². The van der Waals surface area contributed by atoms with Crippen molar-refractivity contribution in [3.8, 4) is 0 Å². The first kappa shape index (κ1) is 13.2. The second-order valence-electron chi connectivity index (χ2n) is 5.69. The van der Waals surface area contributed by atoms with Gasteiger partial charge in [0.1, 0.15) is 0 Å². The summed E-state index contributed by atoms with van der Waals surface area (Å²) in [6, 6.07) is 15.1. The third kappa shape index (κ3) is 3.01. The van der Waals surface area contributed by atoms with E-state index < -0.39 is 0 Å². The zero-order valence-electron chi connectivity index (χ0n) is 11.8. The first-order valence-corrected chi connectivity index (χ1v) is 7.59. The molecule has 20 heavy (non-hydrogen) atoms. The highest BCUT2D eigenvalue weighted by Gasteiger charge is 2.16. The average molecular weight is 267 g/mol. The summed E-state index contributed by atoms with van der Waals surface area (Å²) < 4.78 is 0. The Morgan fingerprint density at radius 3 is 2.65 bits per heavy atom. The van der Waals surface area contributed by atoms with Gasteiger partial charge in [0, 0.05) is 12.5 Å². The molecule has 104 valence electrons. The number of fused-ring (bicyclic) bond motifs is 1.